The molecule has 0 radical (unpaired) electrons. The summed E-state index contributed by atoms with van der Waals surface area (Å²) in [5.41, 5.74) is 5.86. The van der Waals surface area contributed by atoms with Crippen LogP contribution in [0.2, 0.25) is 5.02 Å². The summed E-state index contributed by atoms with van der Waals surface area (Å²) in [5.74, 6) is -0.144. The number of hydrogen-bond donors (Lipinski definition) is 3. The van der Waals surface area contributed by atoms with Gasteiger partial charge in [0.2, 0.25) is 0 Å². The molecular weight excluding hydrogens is 830 g/mol. The molecule has 0 unspecified atom stereocenters. The van der Waals surface area contributed by atoms with Crippen LogP contribution < -0.4 is 19.7 Å². The predicted octanol–water partition coefficient (Wildman–Crippen LogP) is 8.80. The summed E-state index contributed by atoms with van der Waals surface area (Å²) >= 11 is 6.19. The minimum absolute atomic E-state index is 0.0196. The maximum atomic E-state index is 13.9. The van der Waals surface area contributed by atoms with Crippen molar-refractivity contribution >= 4 is 61.2 Å². The lowest BCUT2D eigenvalue weighted by Gasteiger charge is -2.55. The zero-order valence-corrected chi connectivity index (χ0v) is 36.0. The SMILES string of the molecule is O=C(NS(=O)(=O)c1ccc(NCC2CCOCC2)c([N+](=O)[O-])c1)c1ccc(N2CCC3(CC2)CN(CC2=C(c4ccc(Cl)cc4)CCCC2)C3)cc1Oc1cnc2[nH]ccc2c1. The number of rotatable bonds is 13. The van der Waals surface area contributed by atoms with Gasteiger partial charge in [-0.05, 0) is 122 Å². The molecule has 5 aromatic rings. The second-order valence-corrected chi connectivity index (χ2v) is 19.2. The summed E-state index contributed by atoms with van der Waals surface area (Å²) in [6.45, 7) is 6.52. The number of nitrogens with one attached hydrogen (secondary N) is 3. The number of fused-ring (bicyclic) bond motifs is 1. The third-order valence-corrected chi connectivity index (χ3v) is 14.5. The van der Waals surface area contributed by atoms with Crippen LogP contribution in [-0.2, 0) is 14.8 Å². The first-order valence-corrected chi connectivity index (χ1v) is 23.2. The average Bonchev–Trinajstić information content (AvgIpc) is 3.74. The number of nitro benzene ring substituents is 1. The van der Waals surface area contributed by atoms with Crippen LogP contribution in [-0.4, -0.2) is 86.6 Å². The highest BCUT2D eigenvalue weighted by Crippen LogP contribution is 2.44. The molecule has 324 valence electrons. The zero-order chi connectivity index (χ0) is 42.8. The summed E-state index contributed by atoms with van der Waals surface area (Å²) in [4.78, 5) is 37.3. The number of H-pyrrole nitrogens is 1. The van der Waals surface area contributed by atoms with Crippen molar-refractivity contribution in [3.8, 4) is 11.5 Å². The lowest BCUT2D eigenvalue weighted by molar-refractivity contribution is -0.384. The number of likely N-dealkylation sites (tertiary alicyclic amines) is 1. The van der Waals surface area contributed by atoms with Crippen LogP contribution in [0.3, 0.4) is 0 Å². The van der Waals surface area contributed by atoms with Crippen molar-refractivity contribution in [1.82, 2.24) is 19.6 Å². The minimum atomic E-state index is -4.54. The van der Waals surface area contributed by atoms with Crippen molar-refractivity contribution in [2.75, 3.05) is 62.7 Å². The van der Waals surface area contributed by atoms with E-state index in [4.69, 9.17) is 21.1 Å². The Morgan fingerprint density at radius 1 is 1.00 bits per heavy atom. The van der Waals surface area contributed by atoms with E-state index in [0.29, 0.717) is 31.2 Å². The molecule has 0 bridgehead atoms. The zero-order valence-electron chi connectivity index (χ0n) is 34.4. The van der Waals surface area contributed by atoms with Gasteiger partial charge in [-0.1, -0.05) is 29.3 Å². The highest BCUT2D eigenvalue weighted by atomic mass is 35.5. The fraction of sp³-hybridized carbons (Fsp3) is 0.391. The lowest BCUT2D eigenvalue weighted by atomic mass is 9.71. The Morgan fingerprint density at radius 2 is 1.77 bits per heavy atom. The Bertz CT molecular complexity index is 2610. The highest BCUT2D eigenvalue weighted by molar-refractivity contribution is 7.90. The molecule has 14 nitrogen and oxygen atoms in total. The van der Waals surface area contributed by atoms with Gasteiger partial charge in [0.25, 0.3) is 21.6 Å². The van der Waals surface area contributed by atoms with E-state index in [-0.39, 0.29) is 28.3 Å². The molecule has 2 aromatic heterocycles. The summed E-state index contributed by atoms with van der Waals surface area (Å²) in [6, 6.07) is 20.6. The lowest BCUT2D eigenvalue weighted by Crippen LogP contribution is -2.60. The van der Waals surface area contributed by atoms with Gasteiger partial charge in [-0.15, -0.1) is 0 Å². The predicted molar refractivity (Wildman–Crippen MR) is 240 cm³/mol. The van der Waals surface area contributed by atoms with E-state index in [0.717, 1.165) is 93.4 Å². The first-order chi connectivity index (χ1) is 30.0. The maximum absolute atomic E-state index is 13.9. The summed E-state index contributed by atoms with van der Waals surface area (Å²) in [6.07, 6.45) is 11.7. The quantitative estimate of drug-likeness (QED) is 0.0763. The standard InChI is InChI=1S/C46H50ClN7O7S/c47-35-7-5-32(6-8-35)39-4-2-1-3-34(39)28-52-29-46(30-52)16-19-53(20-17-46)36-9-11-40(43(24-36)61-37-23-33-13-18-48-44(33)50-27-37)45(55)51-62(58,59)38-10-12-41(42(25-38)54(56)57)49-26-31-14-21-60-22-15-31/h5-13,18,23-25,27,31,49H,1-4,14-17,19-22,26,28-30H2,(H,48,50)(H,51,55). The van der Waals surface area contributed by atoms with Gasteiger partial charge in [0.15, 0.2) is 0 Å². The Kier molecular flexibility index (Phi) is 12.0. The van der Waals surface area contributed by atoms with E-state index < -0.39 is 31.4 Å². The summed E-state index contributed by atoms with van der Waals surface area (Å²) < 4.78 is 41.2. The fourth-order valence-corrected chi connectivity index (χ4v) is 10.6. The van der Waals surface area contributed by atoms with Gasteiger partial charge in [-0.2, -0.15) is 0 Å². The average molecular weight is 880 g/mol. The number of aromatic amines is 1. The molecular formula is C46H50ClN7O7S. The van der Waals surface area contributed by atoms with Gasteiger partial charge >= 0.3 is 0 Å². The molecule has 62 heavy (non-hydrogen) atoms. The number of ether oxygens (including phenoxy) is 2. The van der Waals surface area contributed by atoms with Crippen LogP contribution in [0.1, 0.15) is 67.3 Å². The number of benzene rings is 3. The number of hydrogen-bond acceptors (Lipinski definition) is 11. The number of nitrogens with zero attached hydrogens (tertiary/aromatic N) is 4. The molecule has 1 amide bonds. The summed E-state index contributed by atoms with van der Waals surface area (Å²) in [5, 5.41) is 16.7. The third kappa shape index (κ3) is 9.17. The molecule has 0 saturated carbocycles. The normalized spacial score (nSPS) is 18.4. The molecule has 3 saturated heterocycles. The topological polar surface area (TPSA) is 172 Å². The molecule has 3 aliphatic heterocycles. The number of halogens is 1. The van der Waals surface area contributed by atoms with Gasteiger partial charge in [-0.3, -0.25) is 19.8 Å². The number of aromatic nitrogens is 2. The van der Waals surface area contributed by atoms with Gasteiger partial charge in [0, 0.05) is 86.9 Å². The molecule has 16 heteroatoms. The smallest absolute Gasteiger partial charge is 0.293 e. The van der Waals surface area contributed by atoms with E-state index >= 15 is 0 Å². The Balaban J connectivity index is 0.896. The number of amides is 1. The van der Waals surface area contributed by atoms with Crippen LogP contribution in [0.15, 0.2) is 95.7 Å². The first kappa shape index (κ1) is 41.9. The molecule has 3 aromatic carbocycles. The van der Waals surface area contributed by atoms with Crippen LogP contribution >= 0.6 is 11.6 Å². The van der Waals surface area contributed by atoms with Crippen molar-refractivity contribution in [3.63, 3.8) is 0 Å². The van der Waals surface area contributed by atoms with E-state index in [2.05, 4.69) is 41.9 Å². The van der Waals surface area contributed by atoms with Gasteiger partial charge in [0.1, 0.15) is 22.8 Å². The van der Waals surface area contributed by atoms with Gasteiger partial charge in [-0.25, -0.2) is 18.1 Å². The van der Waals surface area contributed by atoms with Crippen LogP contribution in [0, 0.1) is 21.4 Å². The largest absolute Gasteiger partial charge is 0.455 e. The number of sulfonamides is 1. The molecule has 0 atom stereocenters. The molecule has 3 N–H and O–H groups in total. The maximum Gasteiger partial charge on any atom is 0.293 e. The monoisotopic (exact) mass is 879 g/mol. The van der Waals surface area contributed by atoms with Crippen molar-refractivity contribution in [3.05, 3.63) is 117 Å². The van der Waals surface area contributed by atoms with Crippen LogP contribution in [0.4, 0.5) is 17.1 Å². The third-order valence-electron chi connectivity index (χ3n) is 12.9. The number of nitro groups is 1. The van der Waals surface area contributed by atoms with Crippen molar-refractivity contribution < 1.29 is 27.6 Å². The van der Waals surface area contributed by atoms with Crippen molar-refractivity contribution in [2.24, 2.45) is 11.3 Å². The summed E-state index contributed by atoms with van der Waals surface area (Å²) in [7, 11) is -4.54. The fourth-order valence-electron chi connectivity index (χ4n) is 9.48. The van der Waals surface area contributed by atoms with E-state index in [1.54, 1.807) is 30.0 Å². The number of carbonyl (C=O) groups is 1. The van der Waals surface area contributed by atoms with Gasteiger partial charge < -0.3 is 24.7 Å². The molecule has 4 aliphatic rings. The number of carbonyl (C=O) groups excluding carboxylic acids is 1. The Hall–Kier alpha value is -5.48. The van der Waals surface area contributed by atoms with E-state index in [1.807, 2.05) is 24.3 Å². The molecule has 5 heterocycles. The van der Waals surface area contributed by atoms with Crippen molar-refractivity contribution in [2.45, 2.75) is 56.3 Å². The van der Waals surface area contributed by atoms with Crippen LogP contribution in [0.25, 0.3) is 16.6 Å². The molecule has 1 spiro atoms. The first-order valence-electron chi connectivity index (χ1n) is 21.4. The molecule has 3 fully saturated rings. The second-order valence-electron chi connectivity index (χ2n) is 17.1. The molecule has 1 aliphatic carbocycles. The van der Waals surface area contributed by atoms with Gasteiger partial charge in [0.05, 0.1) is 21.6 Å². The highest BCUT2D eigenvalue weighted by Gasteiger charge is 2.45. The second kappa shape index (κ2) is 17.7. The minimum Gasteiger partial charge on any atom is -0.455 e. The molecule has 9 rings (SSSR count). The van der Waals surface area contributed by atoms with Crippen molar-refractivity contribution in [1.29, 1.82) is 0 Å². The van der Waals surface area contributed by atoms with Crippen LogP contribution in [0.5, 0.6) is 11.5 Å². The number of piperidine rings is 1. The van der Waals surface area contributed by atoms with E-state index in [1.165, 1.54) is 42.3 Å². The Labute approximate surface area is 365 Å². The van der Waals surface area contributed by atoms with E-state index in [9.17, 15) is 23.3 Å². The number of anilines is 2. The number of allylic oxidation sites excluding steroid dienone is 1. The Morgan fingerprint density at radius 3 is 2.55 bits per heavy atom. The number of pyridine rings is 1.